The van der Waals surface area contributed by atoms with E-state index < -0.39 is 16.1 Å². The quantitative estimate of drug-likeness (QED) is 0.258. The molecule has 0 aliphatic carbocycles. The number of carbonyl (C=O) groups excluding carboxylic acids is 2. The second-order valence-corrected chi connectivity index (χ2v) is 11.5. The van der Waals surface area contributed by atoms with E-state index in [0.29, 0.717) is 43.9 Å². The molecule has 0 spiro atoms. The molecule has 1 aliphatic rings. The molecule has 9 heteroatoms. The first-order valence-corrected chi connectivity index (χ1v) is 15.2. The highest BCUT2D eigenvalue weighted by molar-refractivity contribution is 7.89. The van der Waals surface area contributed by atoms with E-state index >= 15 is 0 Å². The second kappa shape index (κ2) is 14.3. The van der Waals surface area contributed by atoms with Gasteiger partial charge in [-0.15, -0.1) is 0 Å². The van der Waals surface area contributed by atoms with Crippen LogP contribution in [0.2, 0.25) is 0 Å². The molecule has 0 unspecified atom stereocenters. The number of piperidine rings is 1. The van der Waals surface area contributed by atoms with Crippen LogP contribution in [0.1, 0.15) is 77.3 Å². The second-order valence-electron chi connectivity index (χ2n) is 9.83. The van der Waals surface area contributed by atoms with Crippen LogP contribution < -0.4 is 14.9 Å². The number of unbranched alkanes of at least 4 members (excludes halogenated alkanes) is 3. The molecule has 1 fully saturated rings. The molecule has 1 aliphatic heterocycles. The molecule has 2 N–H and O–H groups in total. The maximum absolute atomic E-state index is 13.7. The summed E-state index contributed by atoms with van der Waals surface area (Å²) >= 11 is 0. The average Bonchev–Trinajstić information content (AvgIpc) is 2.91. The van der Waals surface area contributed by atoms with Gasteiger partial charge in [0.2, 0.25) is 15.9 Å². The van der Waals surface area contributed by atoms with Crippen LogP contribution in [-0.2, 0) is 24.3 Å². The third-order valence-electron chi connectivity index (χ3n) is 6.80. The SMILES string of the molecule is CCCCCCC(=O)Nc1ccc(N2CCC[C@H](C(=O)OCC)C2)c(S(=O)(=O)N[C@H](C)c2ccccc2)c1. The number of sulfonamides is 1. The Hall–Kier alpha value is -2.91. The maximum Gasteiger partial charge on any atom is 0.310 e. The average molecular weight is 544 g/mol. The molecule has 2 aromatic carbocycles. The van der Waals surface area contributed by atoms with Crippen molar-refractivity contribution < 1.29 is 22.7 Å². The Morgan fingerprint density at radius 1 is 1.08 bits per heavy atom. The Balaban J connectivity index is 1.89. The van der Waals surface area contributed by atoms with Gasteiger partial charge >= 0.3 is 5.97 Å². The molecule has 3 rings (SSSR count). The zero-order valence-electron chi connectivity index (χ0n) is 22.7. The molecule has 1 amide bonds. The van der Waals surface area contributed by atoms with E-state index in [1.807, 2.05) is 35.2 Å². The summed E-state index contributed by atoms with van der Waals surface area (Å²) in [6, 6.07) is 13.9. The number of rotatable bonds is 13. The van der Waals surface area contributed by atoms with E-state index in [0.717, 1.165) is 37.7 Å². The highest BCUT2D eigenvalue weighted by Crippen LogP contribution is 2.33. The maximum atomic E-state index is 13.7. The van der Waals surface area contributed by atoms with Crippen molar-refractivity contribution in [2.75, 3.05) is 29.9 Å². The van der Waals surface area contributed by atoms with Gasteiger partial charge in [-0.05, 0) is 56.9 Å². The Kier molecular flexibility index (Phi) is 11.2. The van der Waals surface area contributed by atoms with Crippen molar-refractivity contribution in [3.05, 3.63) is 54.1 Å². The molecular formula is C29H41N3O5S. The molecule has 2 aromatic rings. The highest BCUT2D eigenvalue weighted by atomic mass is 32.2. The van der Waals surface area contributed by atoms with Crippen LogP contribution in [0.4, 0.5) is 11.4 Å². The minimum absolute atomic E-state index is 0.0774. The molecule has 38 heavy (non-hydrogen) atoms. The molecular weight excluding hydrogens is 502 g/mol. The normalized spacial score (nSPS) is 16.6. The Morgan fingerprint density at radius 2 is 1.84 bits per heavy atom. The summed E-state index contributed by atoms with van der Waals surface area (Å²) in [4.78, 5) is 27.0. The van der Waals surface area contributed by atoms with Gasteiger partial charge in [0.15, 0.2) is 0 Å². The molecule has 208 valence electrons. The zero-order chi connectivity index (χ0) is 27.5. The Morgan fingerprint density at radius 3 is 2.55 bits per heavy atom. The molecule has 2 atom stereocenters. The van der Waals surface area contributed by atoms with Crippen LogP contribution in [0.25, 0.3) is 0 Å². The lowest BCUT2D eigenvalue weighted by molar-refractivity contribution is -0.148. The summed E-state index contributed by atoms with van der Waals surface area (Å²) in [5.41, 5.74) is 1.78. The van der Waals surface area contributed by atoms with Crippen LogP contribution in [0, 0.1) is 5.92 Å². The minimum Gasteiger partial charge on any atom is -0.466 e. The Bertz CT molecular complexity index is 1170. The zero-order valence-corrected chi connectivity index (χ0v) is 23.6. The fraction of sp³-hybridized carbons (Fsp3) is 0.517. The van der Waals surface area contributed by atoms with Crippen LogP contribution >= 0.6 is 0 Å². The Labute approximate surface area is 227 Å². The number of nitrogens with zero attached hydrogens (tertiary/aromatic N) is 1. The van der Waals surface area contributed by atoms with Crippen LogP contribution in [0.5, 0.6) is 0 Å². The van der Waals surface area contributed by atoms with Crippen molar-refractivity contribution in [1.82, 2.24) is 4.72 Å². The van der Waals surface area contributed by atoms with Gasteiger partial charge in [-0.3, -0.25) is 9.59 Å². The predicted molar refractivity (Wildman–Crippen MR) is 151 cm³/mol. The number of amides is 1. The van der Waals surface area contributed by atoms with Gasteiger partial charge in [-0.25, -0.2) is 13.1 Å². The molecule has 1 saturated heterocycles. The van der Waals surface area contributed by atoms with Gasteiger partial charge in [0.05, 0.1) is 18.2 Å². The van der Waals surface area contributed by atoms with Gasteiger partial charge in [-0.1, -0.05) is 56.5 Å². The molecule has 0 aromatic heterocycles. The van der Waals surface area contributed by atoms with Crippen LogP contribution in [-0.4, -0.2) is 40.0 Å². The van der Waals surface area contributed by atoms with E-state index in [4.69, 9.17) is 4.74 Å². The standard InChI is InChI=1S/C29H41N3O5S/c1-4-6-7-11-16-28(33)30-25-17-18-26(32-19-12-15-24(21-32)29(34)37-5-2)27(20-25)38(35,36)31-22(3)23-13-9-8-10-14-23/h8-10,13-14,17-18,20,22,24,31H,4-7,11-12,15-16,19,21H2,1-3H3,(H,30,33)/t22-,24+/m1/s1. The number of anilines is 2. The van der Waals surface area contributed by atoms with Crippen LogP contribution in [0.15, 0.2) is 53.4 Å². The van der Waals surface area contributed by atoms with E-state index in [9.17, 15) is 18.0 Å². The minimum atomic E-state index is -3.98. The molecule has 0 radical (unpaired) electrons. The first-order chi connectivity index (χ1) is 18.2. The van der Waals surface area contributed by atoms with Gasteiger partial charge in [0.25, 0.3) is 0 Å². The summed E-state index contributed by atoms with van der Waals surface area (Å²) < 4.78 is 35.5. The number of nitrogens with one attached hydrogen (secondary N) is 2. The number of hydrogen-bond acceptors (Lipinski definition) is 6. The lowest BCUT2D eigenvalue weighted by Crippen LogP contribution is -2.40. The summed E-state index contributed by atoms with van der Waals surface area (Å²) in [7, 11) is -3.98. The number of ether oxygens (including phenoxy) is 1. The first kappa shape index (κ1) is 29.6. The summed E-state index contributed by atoms with van der Waals surface area (Å²) in [5.74, 6) is -0.717. The number of carbonyl (C=O) groups is 2. The first-order valence-electron chi connectivity index (χ1n) is 13.7. The topological polar surface area (TPSA) is 105 Å². The largest absolute Gasteiger partial charge is 0.466 e. The summed E-state index contributed by atoms with van der Waals surface area (Å²) in [6.07, 6.45) is 5.79. The molecule has 0 saturated carbocycles. The molecule has 8 nitrogen and oxygen atoms in total. The fourth-order valence-electron chi connectivity index (χ4n) is 4.76. The van der Waals surface area contributed by atoms with Crippen LogP contribution in [0.3, 0.4) is 0 Å². The van der Waals surface area contributed by atoms with Gasteiger partial charge in [-0.2, -0.15) is 0 Å². The smallest absolute Gasteiger partial charge is 0.310 e. The molecule has 1 heterocycles. The van der Waals surface area contributed by atoms with Crippen molar-refractivity contribution in [1.29, 1.82) is 0 Å². The van der Waals surface area contributed by atoms with E-state index in [1.54, 1.807) is 26.0 Å². The van der Waals surface area contributed by atoms with E-state index in [1.165, 1.54) is 6.07 Å². The van der Waals surface area contributed by atoms with Gasteiger partial charge < -0.3 is 15.0 Å². The van der Waals surface area contributed by atoms with Gasteiger partial charge in [0.1, 0.15) is 4.90 Å². The third-order valence-corrected chi connectivity index (χ3v) is 8.37. The van der Waals surface area contributed by atoms with Gasteiger partial charge in [0, 0.05) is 31.2 Å². The van der Waals surface area contributed by atoms with Crippen molar-refractivity contribution in [3.8, 4) is 0 Å². The summed E-state index contributed by atoms with van der Waals surface area (Å²) in [5, 5.41) is 2.87. The number of benzene rings is 2. The lowest BCUT2D eigenvalue weighted by Gasteiger charge is -2.34. The number of esters is 1. The van der Waals surface area contributed by atoms with Crippen molar-refractivity contribution in [2.45, 2.75) is 76.7 Å². The predicted octanol–water partition coefficient (Wildman–Crippen LogP) is 5.41. The molecule has 0 bridgehead atoms. The highest BCUT2D eigenvalue weighted by Gasteiger charge is 2.31. The van der Waals surface area contributed by atoms with Crippen molar-refractivity contribution >= 4 is 33.3 Å². The lowest BCUT2D eigenvalue weighted by atomic mass is 9.97. The monoisotopic (exact) mass is 543 g/mol. The van der Waals surface area contributed by atoms with E-state index in [-0.39, 0.29) is 22.7 Å². The number of hydrogen-bond donors (Lipinski definition) is 2. The summed E-state index contributed by atoms with van der Waals surface area (Å²) in [6.45, 7) is 7.00. The van der Waals surface area contributed by atoms with Crippen molar-refractivity contribution in [3.63, 3.8) is 0 Å². The van der Waals surface area contributed by atoms with E-state index in [2.05, 4.69) is 17.0 Å². The third kappa shape index (κ3) is 8.30. The van der Waals surface area contributed by atoms with Crippen molar-refractivity contribution in [2.24, 2.45) is 5.92 Å². The fourth-order valence-corrected chi connectivity index (χ4v) is 6.24.